The summed E-state index contributed by atoms with van der Waals surface area (Å²) in [6, 6.07) is 3.30. The van der Waals surface area contributed by atoms with Gasteiger partial charge in [-0.2, -0.15) is 0 Å². The van der Waals surface area contributed by atoms with E-state index in [0.29, 0.717) is 35.8 Å². The number of nitrogens with two attached hydrogens (primary N) is 1. The lowest BCUT2D eigenvalue weighted by molar-refractivity contribution is 0.0773. The van der Waals surface area contributed by atoms with Crippen LogP contribution in [0.4, 0.5) is 5.69 Å². The molecule has 5 heteroatoms. The molecule has 0 heterocycles. The SMILES string of the molecule is CCN(CC)C(=O)c1cc(OC)cc(OC)c1N. The van der Waals surface area contributed by atoms with Crippen LogP contribution in [-0.4, -0.2) is 38.1 Å². The monoisotopic (exact) mass is 252 g/mol. The molecule has 1 aromatic carbocycles. The number of carbonyl (C=O) groups excluding carboxylic acids is 1. The Kier molecular flexibility index (Phi) is 4.83. The molecule has 5 nitrogen and oxygen atoms in total. The Labute approximate surface area is 107 Å². The fourth-order valence-electron chi connectivity index (χ4n) is 1.75. The minimum Gasteiger partial charge on any atom is -0.497 e. The summed E-state index contributed by atoms with van der Waals surface area (Å²) < 4.78 is 10.3. The maximum absolute atomic E-state index is 12.3. The van der Waals surface area contributed by atoms with Crippen molar-refractivity contribution >= 4 is 11.6 Å². The number of anilines is 1. The lowest BCUT2D eigenvalue weighted by atomic mass is 10.1. The Hall–Kier alpha value is -1.91. The van der Waals surface area contributed by atoms with Gasteiger partial charge in [0.15, 0.2) is 0 Å². The van der Waals surface area contributed by atoms with Gasteiger partial charge in [-0.25, -0.2) is 0 Å². The van der Waals surface area contributed by atoms with Crippen molar-refractivity contribution in [1.82, 2.24) is 4.90 Å². The van der Waals surface area contributed by atoms with Crippen LogP contribution in [0.3, 0.4) is 0 Å². The quantitative estimate of drug-likeness (QED) is 0.811. The summed E-state index contributed by atoms with van der Waals surface area (Å²) in [6.45, 7) is 5.12. The maximum Gasteiger partial charge on any atom is 0.256 e. The molecular weight excluding hydrogens is 232 g/mol. The average molecular weight is 252 g/mol. The minimum atomic E-state index is -0.116. The summed E-state index contributed by atoms with van der Waals surface area (Å²) >= 11 is 0. The van der Waals surface area contributed by atoms with Crippen LogP contribution in [0.15, 0.2) is 12.1 Å². The van der Waals surface area contributed by atoms with Crippen LogP contribution >= 0.6 is 0 Å². The predicted octanol–water partition coefficient (Wildman–Crippen LogP) is 1.77. The van der Waals surface area contributed by atoms with E-state index < -0.39 is 0 Å². The zero-order valence-corrected chi connectivity index (χ0v) is 11.3. The zero-order chi connectivity index (χ0) is 13.7. The highest BCUT2D eigenvalue weighted by molar-refractivity contribution is 6.00. The second-order valence-corrected chi connectivity index (χ2v) is 3.77. The van der Waals surface area contributed by atoms with Gasteiger partial charge in [-0.1, -0.05) is 0 Å². The molecular formula is C13H20N2O3. The van der Waals surface area contributed by atoms with E-state index in [4.69, 9.17) is 15.2 Å². The minimum absolute atomic E-state index is 0.116. The van der Waals surface area contributed by atoms with Crippen LogP contribution in [0, 0.1) is 0 Å². The van der Waals surface area contributed by atoms with Crippen molar-refractivity contribution in [3.8, 4) is 11.5 Å². The highest BCUT2D eigenvalue weighted by Gasteiger charge is 2.19. The van der Waals surface area contributed by atoms with Crippen molar-refractivity contribution in [2.75, 3.05) is 33.0 Å². The van der Waals surface area contributed by atoms with Crippen molar-refractivity contribution in [3.05, 3.63) is 17.7 Å². The third-order valence-corrected chi connectivity index (χ3v) is 2.85. The van der Waals surface area contributed by atoms with E-state index >= 15 is 0 Å². The van der Waals surface area contributed by atoms with Gasteiger partial charge >= 0.3 is 0 Å². The molecule has 0 unspecified atom stereocenters. The number of hydrogen-bond donors (Lipinski definition) is 1. The van der Waals surface area contributed by atoms with Gasteiger partial charge in [-0.15, -0.1) is 0 Å². The second kappa shape index (κ2) is 6.14. The molecule has 1 rings (SSSR count). The lowest BCUT2D eigenvalue weighted by Gasteiger charge is -2.20. The van der Waals surface area contributed by atoms with Crippen molar-refractivity contribution in [2.45, 2.75) is 13.8 Å². The number of nitrogen functional groups attached to an aromatic ring is 1. The predicted molar refractivity (Wildman–Crippen MR) is 71.2 cm³/mol. The number of rotatable bonds is 5. The topological polar surface area (TPSA) is 64.8 Å². The van der Waals surface area contributed by atoms with Gasteiger partial charge in [0, 0.05) is 19.2 Å². The normalized spacial score (nSPS) is 10.0. The molecule has 0 aliphatic rings. The van der Waals surface area contributed by atoms with E-state index in [1.54, 1.807) is 17.0 Å². The second-order valence-electron chi connectivity index (χ2n) is 3.77. The van der Waals surface area contributed by atoms with Crippen LogP contribution in [0.5, 0.6) is 11.5 Å². The molecule has 0 saturated heterocycles. The lowest BCUT2D eigenvalue weighted by Crippen LogP contribution is -2.31. The van der Waals surface area contributed by atoms with Crippen LogP contribution in [-0.2, 0) is 0 Å². The Morgan fingerprint density at radius 3 is 2.28 bits per heavy atom. The third kappa shape index (κ3) is 2.67. The van der Waals surface area contributed by atoms with Crippen LogP contribution in [0.1, 0.15) is 24.2 Å². The summed E-state index contributed by atoms with van der Waals surface area (Å²) in [7, 11) is 3.05. The molecule has 0 aliphatic heterocycles. The number of amides is 1. The van der Waals surface area contributed by atoms with Crippen molar-refractivity contribution < 1.29 is 14.3 Å². The van der Waals surface area contributed by atoms with Gasteiger partial charge < -0.3 is 20.1 Å². The van der Waals surface area contributed by atoms with E-state index in [2.05, 4.69) is 0 Å². The fourth-order valence-corrected chi connectivity index (χ4v) is 1.75. The van der Waals surface area contributed by atoms with E-state index in [9.17, 15) is 4.79 Å². The number of hydrogen-bond acceptors (Lipinski definition) is 4. The van der Waals surface area contributed by atoms with Gasteiger partial charge in [0.2, 0.25) is 0 Å². The van der Waals surface area contributed by atoms with Crippen molar-refractivity contribution in [2.24, 2.45) is 0 Å². The molecule has 0 radical (unpaired) electrons. The molecule has 1 aromatic rings. The van der Waals surface area contributed by atoms with E-state index in [1.165, 1.54) is 14.2 Å². The average Bonchev–Trinajstić information content (AvgIpc) is 2.40. The van der Waals surface area contributed by atoms with Crippen LogP contribution in [0.25, 0.3) is 0 Å². The molecule has 0 aromatic heterocycles. The largest absolute Gasteiger partial charge is 0.497 e. The Bertz CT molecular complexity index is 428. The van der Waals surface area contributed by atoms with Gasteiger partial charge in [0.25, 0.3) is 5.91 Å². The Balaban J connectivity index is 3.25. The van der Waals surface area contributed by atoms with Crippen molar-refractivity contribution in [1.29, 1.82) is 0 Å². The van der Waals surface area contributed by atoms with E-state index in [1.807, 2.05) is 13.8 Å². The summed E-state index contributed by atoms with van der Waals surface area (Å²) in [5.74, 6) is 0.885. The van der Waals surface area contributed by atoms with Crippen LogP contribution < -0.4 is 15.2 Å². The molecule has 0 fully saturated rings. The standard InChI is InChI=1S/C13H20N2O3/c1-5-15(6-2)13(16)10-7-9(17-3)8-11(18-4)12(10)14/h7-8H,5-6,14H2,1-4H3. The molecule has 0 saturated carbocycles. The molecule has 1 amide bonds. The van der Waals surface area contributed by atoms with Crippen molar-refractivity contribution in [3.63, 3.8) is 0 Å². The molecule has 2 N–H and O–H groups in total. The van der Waals surface area contributed by atoms with Gasteiger partial charge in [-0.05, 0) is 19.9 Å². The molecule has 0 atom stereocenters. The summed E-state index contributed by atoms with van der Waals surface area (Å²) in [5.41, 5.74) is 6.69. The first-order valence-electron chi connectivity index (χ1n) is 5.89. The molecule has 0 bridgehead atoms. The van der Waals surface area contributed by atoms with Crippen LogP contribution in [0.2, 0.25) is 0 Å². The number of methoxy groups -OCH3 is 2. The molecule has 100 valence electrons. The van der Waals surface area contributed by atoms with E-state index in [0.717, 1.165) is 0 Å². The molecule has 0 aliphatic carbocycles. The zero-order valence-electron chi connectivity index (χ0n) is 11.3. The highest BCUT2D eigenvalue weighted by atomic mass is 16.5. The van der Waals surface area contributed by atoms with Gasteiger partial charge in [-0.3, -0.25) is 4.79 Å². The van der Waals surface area contributed by atoms with Gasteiger partial charge in [0.05, 0.1) is 25.5 Å². The highest BCUT2D eigenvalue weighted by Crippen LogP contribution is 2.31. The smallest absolute Gasteiger partial charge is 0.256 e. The fraction of sp³-hybridized carbons (Fsp3) is 0.462. The summed E-state index contributed by atoms with van der Waals surface area (Å²) in [4.78, 5) is 14.0. The molecule has 0 spiro atoms. The summed E-state index contributed by atoms with van der Waals surface area (Å²) in [5, 5.41) is 0. The maximum atomic E-state index is 12.3. The number of ether oxygens (including phenoxy) is 2. The van der Waals surface area contributed by atoms with E-state index in [-0.39, 0.29) is 5.91 Å². The number of carbonyl (C=O) groups is 1. The van der Waals surface area contributed by atoms with Gasteiger partial charge in [0.1, 0.15) is 11.5 Å². The Morgan fingerprint density at radius 1 is 1.22 bits per heavy atom. The number of nitrogens with zero attached hydrogens (tertiary/aromatic N) is 1. The Morgan fingerprint density at radius 2 is 1.83 bits per heavy atom. The first-order valence-corrected chi connectivity index (χ1v) is 5.89. The first kappa shape index (κ1) is 14.2. The number of benzene rings is 1. The summed E-state index contributed by atoms with van der Waals surface area (Å²) in [6.07, 6.45) is 0. The molecule has 18 heavy (non-hydrogen) atoms. The third-order valence-electron chi connectivity index (χ3n) is 2.85. The first-order chi connectivity index (χ1) is 8.58.